The Morgan fingerprint density at radius 3 is 2.36 bits per heavy atom. The number of nitrogens with one attached hydrogen (secondary N) is 1. The first-order chi connectivity index (χ1) is 17.3. The van der Waals surface area contributed by atoms with Gasteiger partial charge in [-0.2, -0.15) is 0 Å². The molecular weight excluding hydrogens is 460 g/mol. The van der Waals surface area contributed by atoms with Crippen LogP contribution in [0.1, 0.15) is 27.2 Å². The van der Waals surface area contributed by atoms with Crippen molar-refractivity contribution in [3.8, 4) is 11.1 Å². The highest BCUT2D eigenvalue weighted by atomic mass is 19.1. The zero-order chi connectivity index (χ0) is 25.1. The van der Waals surface area contributed by atoms with Gasteiger partial charge in [0.25, 0.3) is 5.91 Å². The maximum atomic E-state index is 14.3. The molecule has 6 aromatic rings. The van der Waals surface area contributed by atoms with Gasteiger partial charge in [-0.25, -0.2) is 13.8 Å². The van der Waals surface area contributed by atoms with Crippen molar-refractivity contribution in [3.05, 3.63) is 94.7 Å². The molecule has 2 bridgehead atoms. The van der Waals surface area contributed by atoms with Crippen LogP contribution in [0.5, 0.6) is 0 Å². The van der Waals surface area contributed by atoms with Gasteiger partial charge in [-0.15, -0.1) is 0 Å². The van der Waals surface area contributed by atoms with Crippen molar-refractivity contribution in [3.63, 3.8) is 0 Å². The third-order valence-corrected chi connectivity index (χ3v) is 6.73. The van der Waals surface area contributed by atoms with Gasteiger partial charge >= 0.3 is 0 Å². The first kappa shape index (κ1) is 22.0. The standard InChI is InChI=1S/C29H21F2N3O2/c1-14-9-26(32)34-15(2)24(14)13-33-29(35)17-4-7-21-23(11-17)28-20-6-3-16(10-22(20)27(21)36-28)19-8-5-18(30)12-25(19)31/h3-12H,13H2,1-2H3,(H2,32,34)(H,33,35). The number of nitrogens with zero attached hydrogens (tertiary/aromatic N) is 1. The second-order valence-corrected chi connectivity index (χ2v) is 9.02. The van der Waals surface area contributed by atoms with Crippen LogP contribution >= 0.6 is 0 Å². The monoisotopic (exact) mass is 481 g/mol. The highest BCUT2D eigenvalue weighted by molar-refractivity contribution is 6.26. The SMILES string of the molecule is Cc1cc(N)nc(C)c1CNC(=O)c1ccc2c(c1)c1oc2c2cc(-c3ccc(F)cc3F)ccc21. The topological polar surface area (TPSA) is 81.1 Å². The largest absolute Gasteiger partial charge is 0.455 e. The minimum atomic E-state index is -0.618. The number of rotatable bonds is 4. The van der Waals surface area contributed by atoms with Gasteiger partial charge in [0.2, 0.25) is 0 Å². The van der Waals surface area contributed by atoms with Gasteiger partial charge in [0.15, 0.2) is 0 Å². The Bertz CT molecular complexity index is 1800. The molecule has 1 amide bonds. The molecule has 0 fully saturated rings. The van der Waals surface area contributed by atoms with Crippen molar-refractivity contribution in [2.24, 2.45) is 0 Å². The Morgan fingerprint density at radius 1 is 0.917 bits per heavy atom. The zero-order valence-corrected chi connectivity index (χ0v) is 19.6. The summed E-state index contributed by atoms with van der Waals surface area (Å²) < 4.78 is 33.8. The Labute approximate surface area is 204 Å². The first-order valence-corrected chi connectivity index (χ1v) is 11.5. The predicted octanol–water partition coefficient (Wildman–Crippen LogP) is 6.65. The van der Waals surface area contributed by atoms with Crippen molar-refractivity contribution >= 4 is 44.4 Å². The van der Waals surface area contributed by atoms with E-state index in [-0.39, 0.29) is 5.91 Å². The molecule has 0 saturated carbocycles. The molecule has 0 spiro atoms. The number of fused-ring (bicyclic) bond motifs is 8. The summed E-state index contributed by atoms with van der Waals surface area (Å²) in [7, 11) is 0. The van der Waals surface area contributed by atoms with Crippen LogP contribution in [-0.2, 0) is 6.54 Å². The molecule has 0 aliphatic carbocycles. The average molecular weight is 482 g/mol. The Morgan fingerprint density at radius 2 is 1.64 bits per heavy atom. The molecule has 178 valence electrons. The lowest BCUT2D eigenvalue weighted by atomic mass is 9.97. The fraction of sp³-hybridized carbons (Fsp3) is 0.103. The molecule has 36 heavy (non-hydrogen) atoms. The zero-order valence-electron chi connectivity index (χ0n) is 19.6. The van der Waals surface area contributed by atoms with Crippen LogP contribution in [0.25, 0.3) is 43.8 Å². The van der Waals surface area contributed by atoms with Crippen LogP contribution in [0.15, 0.2) is 65.1 Å². The summed E-state index contributed by atoms with van der Waals surface area (Å²) in [5.41, 5.74) is 11.3. The smallest absolute Gasteiger partial charge is 0.251 e. The summed E-state index contributed by atoms with van der Waals surface area (Å²) in [5, 5.41) is 6.40. The molecule has 3 N–H and O–H groups in total. The first-order valence-electron chi connectivity index (χ1n) is 11.5. The number of amides is 1. The van der Waals surface area contributed by atoms with Gasteiger partial charge in [0.1, 0.15) is 28.6 Å². The van der Waals surface area contributed by atoms with Crippen LogP contribution in [-0.4, -0.2) is 10.9 Å². The average Bonchev–Trinajstić information content (AvgIpc) is 3.40. The van der Waals surface area contributed by atoms with Gasteiger partial charge in [-0.3, -0.25) is 4.79 Å². The minimum absolute atomic E-state index is 0.204. The molecule has 0 atom stereocenters. The van der Waals surface area contributed by atoms with E-state index in [1.807, 2.05) is 38.1 Å². The number of anilines is 1. The molecule has 0 aliphatic rings. The van der Waals surface area contributed by atoms with E-state index in [0.29, 0.717) is 40.2 Å². The summed E-state index contributed by atoms with van der Waals surface area (Å²) in [4.78, 5) is 17.2. The van der Waals surface area contributed by atoms with Crippen molar-refractivity contribution in [2.75, 3.05) is 5.73 Å². The molecule has 6 rings (SSSR count). The summed E-state index contributed by atoms with van der Waals surface area (Å²) in [6.45, 7) is 4.16. The molecule has 0 saturated heterocycles. The molecule has 5 nitrogen and oxygen atoms in total. The van der Waals surface area contributed by atoms with E-state index in [0.717, 1.165) is 44.4 Å². The molecule has 0 unspecified atom stereocenters. The second-order valence-electron chi connectivity index (χ2n) is 9.02. The third-order valence-electron chi connectivity index (χ3n) is 6.73. The fourth-order valence-electron chi connectivity index (χ4n) is 4.93. The number of nitrogen functional groups attached to an aromatic ring is 1. The normalized spacial score (nSPS) is 11.7. The molecule has 3 aromatic carbocycles. The van der Waals surface area contributed by atoms with Crippen LogP contribution in [0, 0.1) is 25.5 Å². The highest BCUT2D eigenvalue weighted by Crippen LogP contribution is 2.42. The lowest BCUT2D eigenvalue weighted by Gasteiger charge is -2.11. The lowest BCUT2D eigenvalue weighted by Crippen LogP contribution is -2.24. The molecule has 0 radical (unpaired) electrons. The summed E-state index contributed by atoms with van der Waals surface area (Å²) in [6, 6.07) is 16.3. The van der Waals surface area contributed by atoms with E-state index >= 15 is 0 Å². The molecule has 3 aromatic heterocycles. The predicted molar refractivity (Wildman–Crippen MR) is 137 cm³/mol. The number of furan rings is 2. The van der Waals surface area contributed by atoms with Gasteiger partial charge in [0.05, 0.1) is 0 Å². The van der Waals surface area contributed by atoms with E-state index in [2.05, 4.69) is 10.3 Å². The van der Waals surface area contributed by atoms with Crippen molar-refractivity contribution in [1.82, 2.24) is 10.3 Å². The summed E-state index contributed by atoms with van der Waals surface area (Å²) >= 11 is 0. The molecule has 0 aliphatic heterocycles. The van der Waals surface area contributed by atoms with Gasteiger partial charge < -0.3 is 15.5 Å². The number of aromatic nitrogens is 1. The number of halogens is 2. The number of aryl methyl sites for hydroxylation is 2. The Balaban J connectivity index is 1.34. The maximum Gasteiger partial charge on any atom is 0.251 e. The second kappa shape index (κ2) is 8.02. The van der Waals surface area contributed by atoms with E-state index in [9.17, 15) is 13.6 Å². The summed E-state index contributed by atoms with van der Waals surface area (Å²) in [6.07, 6.45) is 0. The lowest BCUT2D eigenvalue weighted by molar-refractivity contribution is 0.0951. The Hall–Kier alpha value is -4.52. The van der Waals surface area contributed by atoms with E-state index in [1.165, 1.54) is 12.1 Å². The van der Waals surface area contributed by atoms with Crippen LogP contribution in [0.2, 0.25) is 0 Å². The van der Waals surface area contributed by atoms with Crippen LogP contribution in [0.4, 0.5) is 14.6 Å². The number of hydrogen-bond acceptors (Lipinski definition) is 4. The fourth-order valence-corrected chi connectivity index (χ4v) is 4.93. The van der Waals surface area contributed by atoms with E-state index in [1.54, 1.807) is 18.2 Å². The van der Waals surface area contributed by atoms with Crippen molar-refractivity contribution in [2.45, 2.75) is 20.4 Å². The van der Waals surface area contributed by atoms with Crippen LogP contribution < -0.4 is 11.1 Å². The number of nitrogens with two attached hydrogens (primary N) is 1. The van der Waals surface area contributed by atoms with Gasteiger partial charge in [-0.05, 0) is 79.1 Å². The van der Waals surface area contributed by atoms with Crippen molar-refractivity contribution < 1.29 is 18.0 Å². The number of carbonyl (C=O) groups excluding carboxylic acids is 1. The maximum absolute atomic E-state index is 14.3. The minimum Gasteiger partial charge on any atom is -0.455 e. The van der Waals surface area contributed by atoms with Crippen LogP contribution in [0.3, 0.4) is 0 Å². The quantitative estimate of drug-likeness (QED) is 0.276. The number of hydrogen-bond donors (Lipinski definition) is 2. The van der Waals surface area contributed by atoms with E-state index < -0.39 is 11.6 Å². The molecular formula is C29H21F2N3O2. The highest BCUT2D eigenvalue weighted by Gasteiger charge is 2.20. The third kappa shape index (κ3) is 3.43. The molecule has 7 heteroatoms. The Kier molecular flexibility index (Phi) is 4.89. The van der Waals surface area contributed by atoms with Crippen molar-refractivity contribution in [1.29, 1.82) is 0 Å². The number of pyridine rings is 1. The number of benzene rings is 4. The molecule has 3 heterocycles. The van der Waals surface area contributed by atoms with Gasteiger partial charge in [0, 0.05) is 51.0 Å². The van der Waals surface area contributed by atoms with E-state index in [4.69, 9.17) is 10.2 Å². The van der Waals surface area contributed by atoms with Gasteiger partial charge in [-0.1, -0.05) is 6.07 Å². The summed E-state index contributed by atoms with van der Waals surface area (Å²) in [5.74, 6) is -0.982. The number of carbonyl (C=O) groups is 1.